The standard InChI is InChI=1S/C16H16N4O2/c1-9-14-15(17-8-18-16(14)22-20-9)19-12-6-2-5-11-10(12)4-3-7-13(11)21/h3-4,7-8,12,21H,2,5-6H2,1H3,(H,17,18,19). The first-order valence-electron chi connectivity index (χ1n) is 7.38. The molecule has 0 saturated carbocycles. The number of hydrogen-bond acceptors (Lipinski definition) is 6. The van der Waals surface area contributed by atoms with Crippen LogP contribution in [0.5, 0.6) is 5.75 Å². The zero-order valence-electron chi connectivity index (χ0n) is 12.2. The fourth-order valence-corrected chi connectivity index (χ4v) is 3.18. The van der Waals surface area contributed by atoms with E-state index in [2.05, 4.69) is 26.5 Å². The Morgan fingerprint density at radius 1 is 1.32 bits per heavy atom. The lowest BCUT2D eigenvalue weighted by atomic mass is 9.87. The van der Waals surface area contributed by atoms with E-state index in [1.807, 2.05) is 13.0 Å². The predicted molar refractivity (Wildman–Crippen MR) is 81.7 cm³/mol. The first-order chi connectivity index (χ1) is 10.7. The second-order valence-electron chi connectivity index (χ2n) is 5.60. The van der Waals surface area contributed by atoms with Crippen LogP contribution in [0.1, 0.15) is 35.7 Å². The molecule has 0 radical (unpaired) electrons. The number of anilines is 1. The number of fused-ring (bicyclic) bond motifs is 2. The average Bonchev–Trinajstić information content (AvgIpc) is 2.91. The molecule has 22 heavy (non-hydrogen) atoms. The Kier molecular flexibility index (Phi) is 2.96. The summed E-state index contributed by atoms with van der Waals surface area (Å²) < 4.78 is 5.19. The second kappa shape index (κ2) is 4.98. The van der Waals surface area contributed by atoms with E-state index in [0.717, 1.165) is 47.3 Å². The molecule has 0 saturated heterocycles. The van der Waals surface area contributed by atoms with Crippen LogP contribution in [0.2, 0.25) is 0 Å². The van der Waals surface area contributed by atoms with Crippen molar-refractivity contribution in [3.63, 3.8) is 0 Å². The van der Waals surface area contributed by atoms with Gasteiger partial charge in [0.05, 0.1) is 11.7 Å². The number of nitrogens with zero attached hydrogens (tertiary/aromatic N) is 3. The normalized spacial score (nSPS) is 17.4. The van der Waals surface area contributed by atoms with Crippen LogP contribution in [0.15, 0.2) is 29.0 Å². The van der Waals surface area contributed by atoms with Gasteiger partial charge in [0.1, 0.15) is 23.3 Å². The number of nitrogens with one attached hydrogen (secondary N) is 1. The Labute approximate surface area is 127 Å². The van der Waals surface area contributed by atoms with E-state index in [9.17, 15) is 5.11 Å². The van der Waals surface area contributed by atoms with Gasteiger partial charge < -0.3 is 14.9 Å². The highest BCUT2D eigenvalue weighted by atomic mass is 16.5. The zero-order chi connectivity index (χ0) is 15.1. The number of hydrogen-bond donors (Lipinski definition) is 2. The van der Waals surface area contributed by atoms with Crippen molar-refractivity contribution in [3.8, 4) is 5.75 Å². The molecule has 1 unspecified atom stereocenters. The van der Waals surface area contributed by atoms with Gasteiger partial charge in [-0.2, -0.15) is 4.98 Å². The molecule has 1 aliphatic rings. The number of phenolic OH excluding ortho intramolecular Hbond substituents is 1. The van der Waals surface area contributed by atoms with Gasteiger partial charge in [0.25, 0.3) is 5.71 Å². The largest absolute Gasteiger partial charge is 0.508 e. The van der Waals surface area contributed by atoms with E-state index < -0.39 is 0 Å². The van der Waals surface area contributed by atoms with E-state index in [0.29, 0.717) is 11.5 Å². The van der Waals surface area contributed by atoms with Crippen LogP contribution in [0.4, 0.5) is 5.82 Å². The van der Waals surface area contributed by atoms with E-state index >= 15 is 0 Å². The summed E-state index contributed by atoms with van der Waals surface area (Å²) in [7, 11) is 0. The minimum absolute atomic E-state index is 0.114. The van der Waals surface area contributed by atoms with E-state index in [-0.39, 0.29) is 6.04 Å². The van der Waals surface area contributed by atoms with Crippen LogP contribution in [-0.2, 0) is 6.42 Å². The molecule has 1 aromatic carbocycles. The molecule has 6 nitrogen and oxygen atoms in total. The zero-order valence-corrected chi connectivity index (χ0v) is 12.2. The molecule has 0 amide bonds. The fourth-order valence-electron chi connectivity index (χ4n) is 3.18. The highest BCUT2D eigenvalue weighted by molar-refractivity contribution is 5.87. The molecule has 112 valence electrons. The average molecular weight is 296 g/mol. The molecule has 0 spiro atoms. The summed E-state index contributed by atoms with van der Waals surface area (Å²) in [5.74, 6) is 1.10. The molecule has 2 N–H and O–H groups in total. The molecule has 6 heteroatoms. The summed E-state index contributed by atoms with van der Waals surface area (Å²) in [6.45, 7) is 1.88. The maximum Gasteiger partial charge on any atom is 0.263 e. The summed E-state index contributed by atoms with van der Waals surface area (Å²) in [5.41, 5.74) is 3.41. The molecule has 1 atom stereocenters. The molecule has 0 bridgehead atoms. The molecular formula is C16H16N4O2. The van der Waals surface area contributed by atoms with Crippen LogP contribution in [0, 0.1) is 6.92 Å². The Bertz CT molecular complexity index is 843. The maximum atomic E-state index is 10.0. The molecule has 2 aromatic heterocycles. The number of rotatable bonds is 2. The van der Waals surface area contributed by atoms with Crippen LogP contribution in [-0.4, -0.2) is 20.2 Å². The Morgan fingerprint density at radius 3 is 3.14 bits per heavy atom. The lowest BCUT2D eigenvalue weighted by Crippen LogP contribution is -2.18. The summed E-state index contributed by atoms with van der Waals surface area (Å²) in [5, 5.41) is 18.3. The smallest absolute Gasteiger partial charge is 0.263 e. The lowest BCUT2D eigenvalue weighted by molar-refractivity contribution is 0.442. The number of phenols is 1. The van der Waals surface area contributed by atoms with Gasteiger partial charge in [0.2, 0.25) is 0 Å². The SMILES string of the molecule is Cc1noc2ncnc(NC3CCCc4c(O)cccc43)c12. The van der Waals surface area contributed by atoms with Gasteiger partial charge >= 0.3 is 0 Å². The van der Waals surface area contributed by atoms with Gasteiger partial charge in [-0.15, -0.1) is 0 Å². The number of benzene rings is 1. The number of aromatic hydroxyl groups is 1. The summed E-state index contributed by atoms with van der Waals surface area (Å²) in [4.78, 5) is 8.44. The van der Waals surface area contributed by atoms with Crippen molar-refractivity contribution in [1.82, 2.24) is 15.1 Å². The summed E-state index contributed by atoms with van der Waals surface area (Å²) in [6.07, 6.45) is 4.40. The Morgan fingerprint density at radius 2 is 2.23 bits per heavy atom. The first-order valence-corrected chi connectivity index (χ1v) is 7.38. The van der Waals surface area contributed by atoms with Crippen molar-refractivity contribution < 1.29 is 9.63 Å². The lowest BCUT2D eigenvalue weighted by Gasteiger charge is -2.27. The van der Waals surface area contributed by atoms with Crippen molar-refractivity contribution in [1.29, 1.82) is 0 Å². The van der Waals surface area contributed by atoms with Crippen molar-refractivity contribution in [3.05, 3.63) is 41.3 Å². The quantitative estimate of drug-likeness (QED) is 0.756. The number of aromatic nitrogens is 3. The second-order valence-corrected chi connectivity index (χ2v) is 5.60. The van der Waals surface area contributed by atoms with Crippen molar-refractivity contribution >= 4 is 16.9 Å². The van der Waals surface area contributed by atoms with Crippen molar-refractivity contribution in [2.45, 2.75) is 32.2 Å². The van der Waals surface area contributed by atoms with Gasteiger partial charge in [-0.3, -0.25) is 0 Å². The van der Waals surface area contributed by atoms with Crippen LogP contribution < -0.4 is 5.32 Å². The Hall–Kier alpha value is -2.63. The van der Waals surface area contributed by atoms with Crippen LogP contribution in [0.25, 0.3) is 11.1 Å². The van der Waals surface area contributed by atoms with Crippen LogP contribution >= 0.6 is 0 Å². The Balaban J connectivity index is 1.76. The first kappa shape index (κ1) is 13.1. The highest BCUT2D eigenvalue weighted by Crippen LogP contribution is 2.37. The highest BCUT2D eigenvalue weighted by Gasteiger charge is 2.24. The third-order valence-electron chi connectivity index (χ3n) is 4.24. The molecule has 3 aromatic rings. The fraction of sp³-hybridized carbons (Fsp3) is 0.312. The summed E-state index contributed by atoms with van der Waals surface area (Å²) >= 11 is 0. The van der Waals surface area contributed by atoms with E-state index in [1.165, 1.54) is 6.33 Å². The van der Waals surface area contributed by atoms with Crippen molar-refractivity contribution in [2.24, 2.45) is 0 Å². The minimum Gasteiger partial charge on any atom is -0.508 e. The van der Waals surface area contributed by atoms with E-state index in [1.54, 1.807) is 6.07 Å². The molecule has 1 aliphatic carbocycles. The molecular weight excluding hydrogens is 280 g/mol. The molecule has 2 heterocycles. The molecule has 0 aliphatic heterocycles. The summed E-state index contributed by atoms with van der Waals surface area (Å²) in [6, 6.07) is 5.80. The van der Waals surface area contributed by atoms with Gasteiger partial charge in [-0.05, 0) is 43.4 Å². The monoisotopic (exact) mass is 296 g/mol. The van der Waals surface area contributed by atoms with Gasteiger partial charge in [0.15, 0.2) is 0 Å². The molecule has 0 fully saturated rings. The van der Waals surface area contributed by atoms with Crippen LogP contribution in [0.3, 0.4) is 0 Å². The minimum atomic E-state index is 0.114. The third-order valence-corrected chi connectivity index (χ3v) is 4.24. The maximum absolute atomic E-state index is 10.0. The number of aryl methyl sites for hydroxylation is 1. The third kappa shape index (κ3) is 1.99. The van der Waals surface area contributed by atoms with Gasteiger partial charge in [0, 0.05) is 0 Å². The van der Waals surface area contributed by atoms with Gasteiger partial charge in [-0.1, -0.05) is 17.3 Å². The topological polar surface area (TPSA) is 84.1 Å². The van der Waals surface area contributed by atoms with Gasteiger partial charge in [-0.25, -0.2) is 4.98 Å². The predicted octanol–water partition coefficient (Wildman–Crippen LogP) is 3.12. The van der Waals surface area contributed by atoms with Crippen molar-refractivity contribution in [2.75, 3.05) is 5.32 Å². The van der Waals surface area contributed by atoms with E-state index in [4.69, 9.17) is 4.52 Å². The molecule has 4 rings (SSSR count).